The fourth-order valence-corrected chi connectivity index (χ4v) is 1.52. The summed E-state index contributed by atoms with van der Waals surface area (Å²) >= 11 is 0. The minimum absolute atomic E-state index is 0.100. The monoisotopic (exact) mass is 281 g/mol. The van der Waals surface area contributed by atoms with E-state index in [-0.39, 0.29) is 30.6 Å². The van der Waals surface area contributed by atoms with Crippen LogP contribution in [-0.4, -0.2) is 30.3 Å². The lowest BCUT2D eigenvalue weighted by atomic mass is 10.1. The van der Waals surface area contributed by atoms with Crippen LogP contribution in [0.25, 0.3) is 0 Å². The first-order chi connectivity index (χ1) is 9.45. The highest BCUT2D eigenvalue weighted by Crippen LogP contribution is 2.09. The molecule has 1 N–H and O–H groups in total. The zero-order valence-electron chi connectivity index (χ0n) is 11.8. The van der Waals surface area contributed by atoms with Crippen LogP contribution in [0.1, 0.15) is 37.7 Å². The van der Waals surface area contributed by atoms with Crippen molar-refractivity contribution >= 4 is 17.7 Å². The lowest BCUT2D eigenvalue weighted by Gasteiger charge is -2.17. The molecule has 0 fully saturated rings. The van der Waals surface area contributed by atoms with Gasteiger partial charge in [-0.2, -0.15) is 0 Å². The number of ether oxygens (including phenoxy) is 1. The smallest absolute Gasteiger partial charge is 0.308 e. The second-order valence-electron chi connectivity index (χ2n) is 4.57. The van der Waals surface area contributed by atoms with Crippen LogP contribution in [0, 0.1) is 5.92 Å². The highest BCUT2D eigenvalue weighted by molar-refractivity contribution is 6.01. The third kappa shape index (κ3) is 4.53. The van der Waals surface area contributed by atoms with E-state index >= 15 is 0 Å². The van der Waals surface area contributed by atoms with Gasteiger partial charge in [0.25, 0.3) is 0 Å². The Morgan fingerprint density at radius 1 is 1.35 bits per heavy atom. The number of esters is 1. The highest BCUT2D eigenvalue weighted by Gasteiger charge is 2.27. The van der Waals surface area contributed by atoms with Crippen molar-refractivity contribution in [3.8, 4) is 0 Å². The van der Waals surface area contributed by atoms with Gasteiger partial charge in [-0.15, -0.1) is 0 Å². The molecule has 0 aliphatic carbocycles. The third-order valence-electron chi connectivity index (χ3n) is 2.60. The van der Waals surface area contributed by atoms with Crippen molar-refractivity contribution < 1.29 is 23.5 Å². The van der Waals surface area contributed by atoms with Crippen LogP contribution in [0.4, 0.5) is 0 Å². The molecule has 1 aromatic rings. The summed E-state index contributed by atoms with van der Waals surface area (Å²) in [6, 6.07) is 2.08. The van der Waals surface area contributed by atoms with Crippen molar-refractivity contribution in [3.63, 3.8) is 0 Å². The van der Waals surface area contributed by atoms with Gasteiger partial charge >= 0.3 is 5.97 Å². The van der Waals surface area contributed by atoms with E-state index in [0.717, 1.165) is 0 Å². The van der Waals surface area contributed by atoms with Gasteiger partial charge in [0.2, 0.25) is 11.7 Å². The SMILES string of the molecule is CCOC(=O)CC(NC(=O)C(C)C)C(=O)c1ccco1. The molecule has 0 aromatic carbocycles. The zero-order valence-corrected chi connectivity index (χ0v) is 11.8. The molecule has 1 rings (SSSR count). The summed E-state index contributed by atoms with van der Waals surface area (Å²) in [6.45, 7) is 5.30. The molecule has 0 saturated heterocycles. The molecule has 0 bridgehead atoms. The van der Waals surface area contributed by atoms with Crippen LogP contribution in [0.15, 0.2) is 22.8 Å². The Kier molecular flexibility index (Phi) is 5.96. The topological polar surface area (TPSA) is 85.6 Å². The maximum atomic E-state index is 12.2. The van der Waals surface area contributed by atoms with E-state index in [1.54, 1.807) is 26.8 Å². The number of amides is 1. The first kappa shape index (κ1) is 15.9. The molecule has 0 spiro atoms. The standard InChI is InChI=1S/C14H19NO5/c1-4-19-12(16)8-10(15-14(18)9(2)3)13(17)11-6-5-7-20-11/h5-7,9-10H,4,8H2,1-3H3,(H,15,18). The van der Waals surface area contributed by atoms with Gasteiger partial charge in [0.05, 0.1) is 19.3 Å². The number of ketones is 1. The van der Waals surface area contributed by atoms with E-state index in [9.17, 15) is 14.4 Å². The molecule has 6 nitrogen and oxygen atoms in total. The summed E-state index contributed by atoms with van der Waals surface area (Å²) in [5.74, 6) is -1.48. The zero-order chi connectivity index (χ0) is 15.1. The average molecular weight is 281 g/mol. The molecule has 1 heterocycles. The second kappa shape index (κ2) is 7.47. The molecule has 20 heavy (non-hydrogen) atoms. The van der Waals surface area contributed by atoms with Gasteiger partial charge in [-0.3, -0.25) is 14.4 Å². The Bertz CT molecular complexity index is 464. The van der Waals surface area contributed by atoms with Gasteiger partial charge in [0, 0.05) is 5.92 Å². The minimum atomic E-state index is -0.977. The Hall–Kier alpha value is -2.11. The molecule has 110 valence electrons. The van der Waals surface area contributed by atoms with Crippen LogP contribution < -0.4 is 5.32 Å². The number of carbonyl (C=O) groups is 3. The number of hydrogen-bond acceptors (Lipinski definition) is 5. The van der Waals surface area contributed by atoms with Gasteiger partial charge in [-0.05, 0) is 19.1 Å². The van der Waals surface area contributed by atoms with E-state index in [0.29, 0.717) is 0 Å². The molecule has 1 aromatic heterocycles. The number of furan rings is 1. The molecule has 0 aliphatic heterocycles. The van der Waals surface area contributed by atoms with Crippen molar-refractivity contribution in [2.24, 2.45) is 5.92 Å². The lowest BCUT2D eigenvalue weighted by Crippen LogP contribution is -2.44. The second-order valence-corrected chi connectivity index (χ2v) is 4.57. The molecule has 1 atom stereocenters. The largest absolute Gasteiger partial charge is 0.466 e. The first-order valence-electron chi connectivity index (χ1n) is 6.49. The van der Waals surface area contributed by atoms with Crippen LogP contribution in [0.3, 0.4) is 0 Å². The van der Waals surface area contributed by atoms with Crippen molar-refractivity contribution in [2.75, 3.05) is 6.61 Å². The molecule has 1 amide bonds. The molecular formula is C14H19NO5. The summed E-state index contributed by atoms with van der Waals surface area (Å²) in [4.78, 5) is 35.4. The molecule has 6 heteroatoms. The Labute approximate surface area is 117 Å². The van der Waals surface area contributed by atoms with Crippen LogP contribution >= 0.6 is 0 Å². The lowest BCUT2D eigenvalue weighted by molar-refractivity contribution is -0.143. The van der Waals surface area contributed by atoms with Crippen molar-refractivity contribution in [1.29, 1.82) is 0 Å². The number of carbonyl (C=O) groups excluding carboxylic acids is 3. The molecule has 1 unspecified atom stereocenters. The van der Waals surface area contributed by atoms with Crippen molar-refractivity contribution in [2.45, 2.75) is 33.2 Å². The summed E-state index contributed by atoms with van der Waals surface area (Å²) in [7, 11) is 0. The van der Waals surface area contributed by atoms with E-state index in [4.69, 9.17) is 9.15 Å². The van der Waals surface area contributed by atoms with Crippen LogP contribution in [0.2, 0.25) is 0 Å². The van der Waals surface area contributed by atoms with Gasteiger partial charge in [-0.25, -0.2) is 0 Å². The Balaban J connectivity index is 2.80. The fraction of sp³-hybridized carbons (Fsp3) is 0.500. The maximum Gasteiger partial charge on any atom is 0.308 e. The summed E-state index contributed by atoms with van der Waals surface area (Å²) in [6.07, 6.45) is 1.14. The van der Waals surface area contributed by atoms with Crippen molar-refractivity contribution in [1.82, 2.24) is 5.32 Å². The van der Waals surface area contributed by atoms with Crippen molar-refractivity contribution in [3.05, 3.63) is 24.2 Å². The number of rotatable bonds is 7. The first-order valence-corrected chi connectivity index (χ1v) is 6.49. The van der Waals surface area contributed by atoms with Gasteiger partial charge in [-0.1, -0.05) is 13.8 Å². The maximum absolute atomic E-state index is 12.2. The van der Waals surface area contributed by atoms with Gasteiger partial charge < -0.3 is 14.5 Å². The van der Waals surface area contributed by atoms with Crippen LogP contribution in [-0.2, 0) is 14.3 Å². The van der Waals surface area contributed by atoms with Crippen LogP contribution in [0.5, 0.6) is 0 Å². The highest BCUT2D eigenvalue weighted by atomic mass is 16.5. The molecular weight excluding hydrogens is 262 g/mol. The van der Waals surface area contributed by atoms with E-state index < -0.39 is 17.8 Å². The number of hydrogen-bond donors (Lipinski definition) is 1. The van der Waals surface area contributed by atoms with E-state index in [1.165, 1.54) is 12.3 Å². The summed E-state index contributed by atoms with van der Waals surface area (Å²) < 4.78 is 9.82. The Morgan fingerprint density at radius 3 is 2.55 bits per heavy atom. The number of nitrogens with one attached hydrogen (secondary N) is 1. The molecule has 0 aliphatic rings. The average Bonchev–Trinajstić information content (AvgIpc) is 2.90. The third-order valence-corrected chi connectivity index (χ3v) is 2.60. The summed E-state index contributed by atoms with van der Waals surface area (Å²) in [5, 5.41) is 2.54. The van der Waals surface area contributed by atoms with E-state index in [2.05, 4.69) is 5.32 Å². The summed E-state index contributed by atoms with van der Waals surface area (Å²) in [5.41, 5.74) is 0. The van der Waals surface area contributed by atoms with E-state index in [1.807, 2.05) is 0 Å². The fourth-order valence-electron chi connectivity index (χ4n) is 1.52. The Morgan fingerprint density at radius 2 is 2.05 bits per heavy atom. The number of Topliss-reactive ketones (excluding diaryl/α,β-unsaturated/α-hetero) is 1. The molecule has 0 saturated carbocycles. The quantitative estimate of drug-likeness (QED) is 0.605. The predicted octanol–water partition coefficient (Wildman–Crippen LogP) is 1.56. The van der Waals surface area contributed by atoms with Gasteiger partial charge in [0.1, 0.15) is 6.04 Å². The predicted molar refractivity (Wildman–Crippen MR) is 71.1 cm³/mol. The van der Waals surface area contributed by atoms with Gasteiger partial charge in [0.15, 0.2) is 5.76 Å². The molecule has 0 radical (unpaired) electrons. The minimum Gasteiger partial charge on any atom is -0.466 e. The normalized spacial score (nSPS) is 12.0.